The molecule has 1 fully saturated rings. The van der Waals surface area contributed by atoms with Crippen LogP contribution in [0.1, 0.15) is 75.6 Å². The molecule has 192 valence electrons. The molecular formula is C28H35N3O4S. The Kier molecular flexibility index (Phi) is 7.76. The van der Waals surface area contributed by atoms with Crippen LogP contribution < -0.4 is 0 Å². The van der Waals surface area contributed by atoms with Gasteiger partial charge in [0.1, 0.15) is 5.76 Å². The fourth-order valence-electron chi connectivity index (χ4n) is 4.70. The third-order valence-corrected chi connectivity index (χ3v) is 7.88. The molecule has 36 heavy (non-hydrogen) atoms. The molecule has 1 aromatic carbocycles. The molecule has 1 amide bonds. The van der Waals surface area contributed by atoms with Crippen molar-refractivity contribution in [3.05, 3.63) is 58.6 Å². The van der Waals surface area contributed by atoms with E-state index in [2.05, 4.69) is 22.3 Å². The van der Waals surface area contributed by atoms with Gasteiger partial charge in [0, 0.05) is 30.9 Å². The topological polar surface area (TPSA) is 96.5 Å². The van der Waals surface area contributed by atoms with Crippen LogP contribution in [-0.2, 0) is 21.4 Å². The second-order valence-electron chi connectivity index (χ2n) is 10.7. The smallest absolute Gasteiger partial charge is 0.234 e. The lowest BCUT2D eigenvalue weighted by Crippen LogP contribution is -2.43. The number of aliphatic hydroxyl groups is 1. The average molecular weight is 510 g/mol. The normalized spacial score (nSPS) is 19.0. The Labute approximate surface area is 216 Å². The second-order valence-corrected chi connectivity index (χ2v) is 11.5. The van der Waals surface area contributed by atoms with Crippen molar-refractivity contribution in [2.75, 3.05) is 6.54 Å². The number of β-amino-alcohol motifs (C(OH)–C–C–N with tert-alkyl or cyclic N) is 1. The Morgan fingerprint density at radius 1 is 1.25 bits per heavy atom. The van der Waals surface area contributed by atoms with Gasteiger partial charge < -0.3 is 14.5 Å². The van der Waals surface area contributed by atoms with E-state index in [1.165, 1.54) is 0 Å². The molecule has 0 bridgehead atoms. The molecule has 1 aliphatic heterocycles. The Morgan fingerprint density at radius 2 is 1.97 bits per heavy atom. The third-order valence-electron chi connectivity index (χ3n) is 6.90. The van der Waals surface area contributed by atoms with Gasteiger partial charge in [0.05, 0.1) is 39.8 Å². The van der Waals surface area contributed by atoms with E-state index < -0.39 is 18.1 Å². The molecule has 7 nitrogen and oxygen atoms in total. The van der Waals surface area contributed by atoms with E-state index in [1.54, 1.807) is 16.2 Å². The molecule has 0 saturated carbocycles. The number of benzene rings is 1. The van der Waals surface area contributed by atoms with Gasteiger partial charge in [-0.05, 0) is 30.9 Å². The summed E-state index contributed by atoms with van der Waals surface area (Å²) in [5, 5.41) is 14.5. The lowest BCUT2D eigenvalue weighted by Gasteiger charge is -2.26. The number of carbonyl (C=O) groups excluding carboxylic acids is 2. The monoisotopic (exact) mass is 509 g/mol. The van der Waals surface area contributed by atoms with E-state index in [1.807, 2.05) is 58.3 Å². The SMILES string of the molecule is CCC(C(=O)N1CC(O)CC1C(=O)CCc1ccc(-c2scnc2C)cc1)c1cc(C(C)(C)C)no1. The average Bonchev–Trinajstić information content (AvgIpc) is 3.58. The number of hydrogen-bond acceptors (Lipinski definition) is 7. The lowest BCUT2D eigenvalue weighted by molar-refractivity contribution is -0.139. The first kappa shape index (κ1) is 26.2. The summed E-state index contributed by atoms with van der Waals surface area (Å²) < 4.78 is 5.55. The van der Waals surface area contributed by atoms with Crippen LogP contribution in [0, 0.1) is 6.92 Å². The van der Waals surface area contributed by atoms with E-state index in [4.69, 9.17) is 4.52 Å². The van der Waals surface area contributed by atoms with Crippen molar-refractivity contribution in [2.24, 2.45) is 0 Å². The van der Waals surface area contributed by atoms with Crippen LogP contribution in [-0.4, -0.2) is 50.5 Å². The molecule has 3 aromatic rings. The van der Waals surface area contributed by atoms with Crippen LogP contribution in [0.4, 0.5) is 0 Å². The van der Waals surface area contributed by atoms with Crippen LogP contribution in [0.5, 0.6) is 0 Å². The van der Waals surface area contributed by atoms with E-state index in [0.29, 0.717) is 25.0 Å². The summed E-state index contributed by atoms with van der Waals surface area (Å²) in [7, 11) is 0. The van der Waals surface area contributed by atoms with Crippen molar-refractivity contribution < 1.29 is 19.2 Å². The maximum absolute atomic E-state index is 13.5. The summed E-state index contributed by atoms with van der Waals surface area (Å²) in [6.45, 7) is 10.2. The number of Topliss-reactive ketones (excluding diaryl/α,β-unsaturated/α-hetero) is 1. The number of thiazole rings is 1. The van der Waals surface area contributed by atoms with Gasteiger partial charge in [-0.25, -0.2) is 4.98 Å². The molecule has 1 aliphatic rings. The number of rotatable bonds is 8. The molecule has 3 unspecified atom stereocenters. The summed E-state index contributed by atoms with van der Waals surface area (Å²) in [5.41, 5.74) is 5.63. The van der Waals surface area contributed by atoms with Gasteiger partial charge in [-0.15, -0.1) is 11.3 Å². The molecule has 4 rings (SSSR count). The van der Waals surface area contributed by atoms with Crippen molar-refractivity contribution >= 4 is 23.0 Å². The zero-order valence-electron chi connectivity index (χ0n) is 21.7. The molecule has 1 N–H and O–H groups in total. The number of nitrogens with zero attached hydrogens (tertiary/aromatic N) is 3. The molecular weight excluding hydrogens is 474 g/mol. The van der Waals surface area contributed by atoms with E-state index in [-0.39, 0.29) is 30.1 Å². The molecule has 8 heteroatoms. The number of likely N-dealkylation sites (tertiary alicyclic amines) is 1. The first-order valence-electron chi connectivity index (χ1n) is 12.6. The highest BCUT2D eigenvalue weighted by Gasteiger charge is 2.41. The fraction of sp³-hybridized carbons (Fsp3) is 0.500. The first-order chi connectivity index (χ1) is 17.1. The summed E-state index contributed by atoms with van der Waals surface area (Å²) in [5.74, 6) is -0.230. The zero-order chi connectivity index (χ0) is 26.0. The van der Waals surface area contributed by atoms with Gasteiger partial charge >= 0.3 is 0 Å². The van der Waals surface area contributed by atoms with Gasteiger partial charge in [0.25, 0.3) is 0 Å². The molecule has 1 saturated heterocycles. The molecule has 0 spiro atoms. The summed E-state index contributed by atoms with van der Waals surface area (Å²) in [4.78, 5) is 33.7. The summed E-state index contributed by atoms with van der Waals surface area (Å²) >= 11 is 1.61. The van der Waals surface area contributed by atoms with Crippen LogP contribution in [0.2, 0.25) is 0 Å². The highest BCUT2D eigenvalue weighted by Crippen LogP contribution is 2.32. The van der Waals surface area contributed by atoms with Crippen LogP contribution in [0.3, 0.4) is 0 Å². The molecule has 0 aliphatic carbocycles. The van der Waals surface area contributed by atoms with Crippen molar-refractivity contribution in [3.63, 3.8) is 0 Å². The molecule has 3 heterocycles. The second kappa shape index (κ2) is 10.6. The van der Waals surface area contributed by atoms with E-state index >= 15 is 0 Å². The largest absolute Gasteiger partial charge is 0.391 e. The fourth-order valence-corrected chi connectivity index (χ4v) is 5.51. The van der Waals surface area contributed by atoms with Gasteiger partial charge in [-0.3, -0.25) is 9.59 Å². The third kappa shape index (κ3) is 5.60. The predicted octanol–water partition coefficient (Wildman–Crippen LogP) is 5.06. The molecule has 2 aromatic heterocycles. The van der Waals surface area contributed by atoms with Crippen LogP contribution >= 0.6 is 11.3 Å². The minimum atomic E-state index is -0.706. The number of aryl methyl sites for hydroxylation is 2. The van der Waals surface area contributed by atoms with E-state index in [9.17, 15) is 14.7 Å². The van der Waals surface area contributed by atoms with Crippen molar-refractivity contribution in [3.8, 4) is 10.4 Å². The van der Waals surface area contributed by atoms with Crippen molar-refractivity contribution in [2.45, 2.75) is 83.8 Å². The minimum Gasteiger partial charge on any atom is -0.391 e. The Morgan fingerprint density at radius 3 is 2.56 bits per heavy atom. The Hall–Kier alpha value is -2.84. The summed E-state index contributed by atoms with van der Waals surface area (Å²) in [6.07, 6.45) is 0.990. The summed E-state index contributed by atoms with van der Waals surface area (Å²) in [6, 6.07) is 9.42. The van der Waals surface area contributed by atoms with E-state index in [0.717, 1.165) is 27.4 Å². The van der Waals surface area contributed by atoms with Gasteiger partial charge in [0.2, 0.25) is 5.91 Å². The number of ketones is 1. The number of aliphatic hydroxyl groups excluding tert-OH is 1. The Balaban J connectivity index is 1.42. The number of aromatic nitrogens is 2. The maximum Gasteiger partial charge on any atom is 0.234 e. The highest BCUT2D eigenvalue weighted by atomic mass is 32.1. The van der Waals surface area contributed by atoms with Gasteiger partial charge in [0.15, 0.2) is 5.78 Å². The Bertz CT molecular complexity index is 1210. The van der Waals surface area contributed by atoms with Crippen molar-refractivity contribution in [1.82, 2.24) is 15.0 Å². The first-order valence-corrected chi connectivity index (χ1v) is 13.4. The zero-order valence-corrected chi connectivity index (χ0v) is 22.5. The highest BCUT2D eigenvalue weighted by molar-refractivity contribution is 7.13. The van der Waals surface area contributed by atoms with Crippen LogP contribution in [0.25, 0.3) is 10.4 Å². The van der Waals surface area contributed by atoms with Gasteiger partial charge in [-0.2, -0.15) is 0 Å². The molecule has 0 radical (unpaired) electrons. The lowest BCUT2D eigenvalue weighted by atomic mass is 9.91. The maximum atomic E-state index is 13.5. The number of amides is 1. The minimum absolute atomic E-state index is 0.0231. The molecule has 3 atom stereocenters. The predicted molar refractivity (Wildman–Crippen MR) is 140 cm³/mol. The standard InChI is InChI=1S/C28H35N3O4S/c1-6-21(24-14-25(30-35-24)28(3,4)5)27(34)31-15-20(32)13-22(31)23(33)12-9-18-7-10-19(11-8-18)26-17(2)29-16-36-26/h7-8,10-11,14,16,20-22,32H,6,9,12-13,15H2,1-5H3. The number of carbonyl (C=O) groups is 2. The quantitative estimate of drug-likeness (QED) is 0.456. The number of hydrogen-bond donors (Lipinski definition) is 1. The van der Waals surface area contributed by atoms with Gasteiger partial charge in [-0.1, -0.05) is 57.1 Å². The van der Waals surface area contributed by atoms with Crippen molar-refractivity contribution in [1.29, 1.82) is 0 Å². The van der Waals surface area contributed by atoms with Crippen LogP contribution in [0.15, 0.2) is 40.4 Å².